The maximum absolute atomic E-state index is 14.4. The third-order valence-corrected chi connectivity index (χ3v) is 11.6. The van der Waals surface area contributed by atoms with Crippen LogP contribution in [0.5, 0.6) is 11.5 Å². The molecule has 2 N–H and O–H groups in total. The van der Waals surface area contributed by atoms with E-state index in [4.69, 9.17) is 14.2 Å². The van der Waals surface area contributed by atoms with E-state index in [9.17, 15) is 26.7 Å². The second kappa shape index (κ2) is 16.3. The van der Waals surface area contributed by atoms with E-state index in [-0.39, 0.29) is 58.6 Å². The minimum absolute atomic E-state index is 0.0145. The van der Waals surface area contributed by atoms with Gasteiger partial charge in [0.05, 0.1) is 48.8 Å². The smallest absolute Gasteiger partial charge is 0.280 e. The first kappa shape index (κ1) is 38.1. The van der Waals surface area contributed by atoms with Crippen molar-refractivity contribution in [1.29, 1.82) is 0 Å². The molecule has 0 saturated heterocycles. The maximum atomic E-state index is 14.4. The first-order valence-electron chi connectivity index (χ1n) is 16.1. The third-order valence-electron chi connectivity index (χ3n) is 8.46. The summed E-state index contributed by atoms with van der Waals surface area (Å²) in [4.78, 5) is 19.9. The molecule has 0 radical (unpaired) electrons. The van der Waals surface area contributed by atoms with Crippen molar-refractivity contribution in [2.75, 3.05) is 45.2 Å². The summed E-state index contributed by atoms with van der Waals surface area (Å²) < 4.78 is 76.1. The van der Waals surface area contributed by atoms with Crippen LogP contribution in [0.1, 0.15) is 50.4 Å². The summed E-state index contributed by atoms with van der Waals surface area (Å²) in [6, 6.07) is 9.98. The number of carbonyl (C=O) groups excluding carboxylic acids is 1. The Morgan fingerprint density at radius 3 is 2.47 bits per heavy atom. The minimum atomic E-state index is -4.06. The van der Waals surface area contributed by atoms with Crippen molar-refractivity contribution in [3.8, 4) is 11.5 Å². The number of nitrogens with one attached hydrogen (secondary N) is 1. The van der Waals surface area contributed by atoms with E-state index in [0.29, 0.717) is 25.2 Å². The van der Waals surface area contributed by atoms with Crippen molar-refractivity contribution >= 4 is 31.6 Å². The topological polar surface area (TPSA) is 170 Å². The van der Waals surface area contributed by atoms with Crippen LogP contribution >= 0.6 is 0 Å². The normalized spacial score (nSPS) is 20.6. The molecule has 14 nitrogen and oxygen atoms in total. The molecule has 0 unspecified atom stereocenters. The van der Waals surface area contributed by atoms with Gasteiger partial charge in [0.15, 0.2) is 5.03 Å². The molecule has 0 bridgehead atoms. The lowest BCUT2D eigenvalue weighted by molar-refractivity contribution is -0.00833. The number of imidazole rings is 1. The number of sulfonamides is 2. The molecule has 0 fully saturated rings. The van der Waals surface area contributed by atoms with E-state index in [1.54, 1.807) is 32.2 Å². The first-order chi connectivity index (χ1) is 23.2. The number of aliphatic hydroxyl groups is 1. The SMILES string of the molecule is COc1ccc(S(=O)(=O)N(C)C[C@H]2OCCCC[C@H](C)Oc3ccc(NS(=O)(=O)c4cn(C)cn4)cc3C(=O)N([C@H](C)CO)C[C@H]2C)cc1. The zero-order chi connectivity index (χ0) is 35.9. The summed E-state index contributed by atoms with van der Waals surface area (Å²) in [7, 11) is -3.29. The van der Waals surface area contributed by atoms with E-state index in [1.165, 1.54) is 64.7 Å². The second-order valence-corrected chi connectivity index (χ2v) is 16.1. The van der Waals surface area contributed by atoms with Gasteiger partial charge in [0, 0.05) is 51.6 Å². The standard InChI is InChI=1S/C33H47N5O9S2/c1-23-18-38(24(2)21-39)33(40)29-17-26(35-48(41,42)32-20-36(4)22-34-32)10-15-30(29)47-25(3)9-7-8-16-46-31(23)19-37(5)49(43,44)28-13-11-27(45-6)12-14-28/h10-15,17,20,22-25,31,35,39H,7-9,16,18-19,21H2,1-6H3/t23-,24-,25+,31-/m1/s1. The van der Waals surface area contributed by atoms with Gasteiger partial charge in [-0.3, -0.25) is 9.52 Å². The Morgan fingerprint density at radius 2 is 1.84 bits per heavy atom. The maximum Gasteiger partial charge on any atom is 0.280 e. The number of aliphatic hydroxyl groups excluding tert-OH is 1. The van der Waals surface area contributed by atoms with Gasteiger partial charge in [-0.1, -0.05) is 6.92 Å². The van der Waals surface area contributed by atoms with Gasteiger partial charge in [-0.15, -0.1) is 0 Å². The third kappa shape index (κ3) is 9.51. The number of benzene rings is 2. The van der Waals surface area contributed by atoms with Crippen molar-refractivity contribution in [3.63, 3.8) is 0 Å². The summed E-state index contributed by atoms with van der Waals surface area (Å²) in [5, 5.41) is 10.0. The number of aromatic nitrogens is 2. The Hall–Kier alpha value is -3.70. The summed E-state index contributed by atoms with van der Waals surface area (Å²) in [5.74, 6) is -0.0735. The summed E-state index contributed by atoms with van der Waals surface area (Å²) in [6.07, 6.45) is 3.94. The fraction of sp³-hybridized carbons (Fsp3) is 0.515. The number of amides is 1. The highest BCUT2D eigenvalue weighted by Gasteiger charge is 2.33. The first-order valence-corrected chi connectivity index (χ1v) is 19.0. The van der Waals surface area contributed by atoms with Crippen molar-refractivity contribution in [3.05, 3.63) is 60.6 Å². The average molecular weight is 722 g/mol. The number of rotatable bonds is 10. The zero-order valence-corrected chi connectivity index (χ0v) is 30.4. The van der Waals surface area contributed by atoms with Gasteiger partial charge >= 0.3 is 0 Å². The summed E-state index contributed by atoms with van der Waals surface area (Å²) >= 11 is 0. The summed E-state index contributed by atoms with van der Waals surface area (Å²) in [6.45, 7) is 5.58. The van der Waals surface area contributed by atoms with Gasteiger partial charge in [-0.25, -0.2) is 13.4 Å². The number of carbonyl (C=O) groups is 1. The molecule has 1 amide bonds. The Morgan fingerprint density at radius 1 is 1.12 bits per heavy atom. The Balaban J connectivity index is 1.66. The number of hydrogen-bond acceptors (Lipinski definition) is 10. The molecule has 4 rings (SSSR count). The molecule has 2 heterocycles. The lowest BCUT2D eigenvalue weighted by Crippen LogP contribution is -2.48. The molecule has 1 aliphatic heterocycles. The van der Waals surface area contributed by atoms with Crippen LogP contribution in [-0.4, -0.2) is 105 Å². The highest BCUT2D eigenvalue weighted by Crippen LogP contribution is 2.30. The Bertz CT molecular complexity index is 1780. The Kier molecular flexibility index (Phi) is 12.7. The van der Waals surface area contributed by atoms with E-state index in [0.717, 1.165) is 6.42 Å². The summed E-state index contributed by atoms with van der Waals surface area (Å²) in [5.41, 5.74) is 0.237. The number of ether oxygens (including phenoxy) is 3. The number of likely N-dealkylation sites (N-methyl/N-ethyl adjacent to an activating group) is 1. The molecule has 49 heavy (non-hydrogen) atoms. The van der Waals surface area contributed by atoms with Gasteiger partial charge in [0.2, 0.25) is 10.0 Å². The van der Waals surface area contributed by atoms with Gasteiger partial charge in [-0.05, 0) is 75.6 Å². The van der Waals surface area contributed by atoms with Crippen LogP contribution in [-0.2, 0) is 31.8 Å². The van der Waals surface area contributed by atoms with Crippen LogP contribution in [0.2, 0.25) is 0 Å². The number of methoxy groups -OCH3 is 1. The number of hydrogen-bond donors (Lipinski definition) is 2. The molecule has 270 valence electrons. The minimum Gasteiger partial charge on any atom is -0.497 e. The van der Waals surface area contributed by atoms with Gasteiger partial charge < -0.3 is 28.8 Å². The van der Waals surface area contributed by atoms with E-state index in [1.807, 2.05) is 13.8 Å². The Labute approximate surface area is 289 Å². The number of anilines is 1. The molecule has 0 aliphatic carbocycles. The van der Waals surface area contributed by atoms with Gasteiger partial charge in [0.1, 0.15) is 11.5 Å². The van der Waals surface area contributed by atoms with Crippen LogP contribution in [0.3, 0.4) is 0 Å². The van der Waals surface area contributed by atoms with Crippen LogP contribution < -0.4 is 14.2 Å². The highest BCUT2D eigenvalue weighted by atomic mass is 32.2. The molecular formula is C33H47N5O9S2. The molecular weight excluding hydrogens is 675 g/mol. The predicted molar refractivity (Wildman–Crippen MR) is 184 cm³/mol. The fourth-order valence-corrected chi connectivity index (χ4v) is 7.68. The molecule has 4 atom stereocenters. The van der Waals surface area contributed by atoms with Crippen molar-refractivity contribution in [2.24, 2.45) is 13.0 Å². The number of fused-ring (bicyclic) bond motifs is 1. The van der Waals surface area contributed by atoms with Gasteiger partial charge in [-0.2, -0.15) is 12.7 Å². The highest BCUT2D eigenvalue weighted by molar-refractivity contribution is 7.92. The van der Waals surface area contributed by atoms with Crippen LogP contribution in [0.15, 0.2) is 64.9 Å². The largest absolute Gasteiger partial charge is 0.497 e. The lowest BCUT2D eigenvalue weighted by atomic mass is 10.0. The quantitative estimate of drug-likeness (QED) is 0.317. The molecule has 1 aliphatic rings. The fourth-order valence-electron chi connectivity index (χ4n) is 5.46. The number of nitrogens with zero attached hydrogens (tertiary/aromatic N) is 4. The zero-order valence-electron chi connectivity index (χ0n) is 28.8. The lowest BCUT2D eigenvalue weighted by Gasteiger charge is -2.35. The monoisotopic (exact) mass is 721 g/mol. The predicted octanol–water partition coefficient (Wildman–Crippen LogP) is 3.35. The van der Waals surface area contributed by atoms with Crippen molar-refractivity contribution in [2.45, 2.75) is 68.2 Å². The number of aryl methyl sites for hydroxylation is 1. The van der Waals surface area contributed by atoms with Crippen molar-refractivity contribution in [1.82, 2.24) is 18.8 Å². The van der Waals surface area contributed by atoms with E-state index < -0.39 is 38.1 Å². The molecule has 0 saturated carbocycles. The van der Waals surface area contributed by atoms with Crippen LogP contribution in [0.25, 0.3) is 0 Å². The molecule has 3 aromatic rings. The van der Waals surface area contributed by atoms with Gasteiger partial charge in [0.25, 0.3) is 15.9 Å². The van der Waals surface area contributed by atoms with E-state index >= 15 is 0 Å². The second-order valence-electron chi connectivity index (χ2n) is 12.5. The molecule has 1 aromatic heterocycles. The molecule has 2 aromatic carbocycles. The van der Waals surface area contributed by atoms with E-state index in [2.05, 4.69) is 9.71 Å². The molecule has 0 spiro atoms. The van der Waals surface area contributed by atoms with Crippen LogP contribution in [0, 0.1) is 5.92 Å². The molecule has 16 heteroatoms. The van der Waals surface area contributed by atoms with Crippen LogP contribution in [0.4, 0.5) is 5.69 Å². The average Bonchev–Trinajstić information content (AvgIpc) is 3.53. The van der Waals surface area contributed by atoms with Crippen molar-refractivity contribution < 1.29 is 40.9 Å².